The molecule has 0 aliphatic carbocycles. The Kier molecular flexibility index (Phi) is 4.87. The van der Waals surface area contributed by atoms with Crippen molar-refractivity contribution in [2.75, 3.05) is 19.8 Å². The van der Waals surface area contributed by atoms with Gasteiger partial charge in [0.25, 0.3) is 0 Å². The van der Waals surface area contributed by atoms with Crippen molar-refractivity contribution in [2.45, 2.75) is 29.4 Å². The highest BCUT2D eigenvalue weighted by Gasteiger charge is 2.35. The number of ether oxygens (including phenoxy) is 1. The number of sulfonamides is 1. The lowest BCUT2D eigenvalue weighted by atomic mass is 9.74. The first-order valence-electron chi connectivity index (χ1n) is 7.71. The number of nitrogens with one attached hydrogen (secondary N) is 1. The van der Waals surface area contributed by atoms with E-state index in [2.05, 4.69) is 16.9 Å². The Labute approximate surface area is 141 Å². The molecule has 2 aromatic rings. The summed E-state index contributed by atoms with van der Waals surface area (Å²) in [6.07, 6.45) is 1.64. The maximum absolute atomic E-state index is 12.5. The summed E-state index contributed by atoms with van der Waals surface area (Å²) < 4.78 is 33.8. The number of thiophene rings is 1. The first kappa shape index (κ1) is 16.6. The molecule has 1 aliphatic heterocycles. The van der Waals surface area contributed by atoms with Gasteiger partial charge in [0.2, 0.25) is 10.0 Å². The van der Waals surface area contributed by atoms with Gasteiger partial charge in [-0.1, -0.05) is 30.3 Å². The van der Waals surface area contributed by atoms with Crippen LogP contribution < -0.4 is 4.72 Å². The molecule has 3 rings (SSSR count). The molecule has 1 aliphatic rings. The Morgan fingerprint density at radius 2 is 1.83 bits per heavy atom. The Hall–Kier alpha value is -1.21. The molecule has 0 spiro atoms. The summed E-state index contributed by atoms with van der Waals surface area (Å²) in [6.45, 7) is 3.64. The molecule has 1 N–H and O–H groups in total. The third kappa shape index (κ3) is 3.66. The van der Waals surface area contributed by atoms with Gasteiger partial charge in [-0.3, -0.25) is 0 Å². The second-order valence-electron chi connectivity index (χ2n) is 5.95. The van der Waals surface area contributed by atoms with E-state index in [4.69, 9.17) is 4.74 Å². The molecule has 1 saturated heterocycles. The highest BCUT2D eigenvalue weighted by Crippen LogP contribution is 2.34. The van der Waals surface area contributed by atoms with Gasteiger partial charge in [0.05, 0.1) is 0 Å². The number of hydrogen-bond donors (Lipinski definition) is 1. The van der Waals surface area contributed by atoms with Crippen LogP contribution in [0.15, 0.2) is 46.7 Å². The van der Waals surface area contributed by atoms with Crippen molar-refractivity contribution >= 4 is 21.4 Å². The maximum atomic E-state index is 12.5. The van der Waals surface area contributed by atoms with E-state index in [-0.39, 0.29) is 5.41 Å². The maximum Gasteiger partial charge on any atom is 0.250 e. The first-order chi connectivity index (χ1) is 11.0. The van der Waals surface area contributed by atoms with Crippen molar-refractivity contribution in [3.63, 3.8) is 0 Å². The van der Waals surface area contributed by atoms with Crippen LogP contribution in [0.1, 0.15) is 23.3 Å². The predicted octanol–water partition coefficient (Wildman–Crippen LogP) is 3.08. The lowest BCUT2D eigenvalue weighted by molar-refractivity contribution is 0.0517. The summed E-state index contributed by atoms with van der Waals surface area (Å²) in [5.74, 6) is 0. The second-order valence-corrected chi connectivity index (χ2v) is 9.23. The molecule has 23 heavy (non-hydrogen) atoms. The smallest absolute Gasteiger partial charge is 0.250 e. The molecule has 0 amide bonds. The molecule has 6 heteroatoms. The zero-order valence-electron chi connectivity index (χ0n) is 13.1. The van der Waals surface area contributed by atoms with Crippen molar-refractivity contribution in [2.24, 2.45) is 0 Å². The van der Waals surface area contributed by atoms with Crippen molar-refractivity contribution in [3.8, 4) is 0 Å². The van der Waals surface area contributed by atoms with Crippen molar-refractivity contribution in [3.05, 3.63) is 52.9 Å². The van der Waals surface area contributed by atoms with E-state index in [1.807, 2.05) is 31.2 Å². The van der Waals surface area contributed by atoms with Crippen LogP contribution in [-0.4, -0.2) is 28.2 Å². The zero-order chi connectivity index (χ0) is 16.3. The van der Waals surface area contributed by atoms with Crippen molar-refractivity contribution in [1.29, 1.82) is 0 Å². The van der Waals surface area contributed by atoms with Gasteiger partial charge in [-0.2, -0.15) is 0 Å². The molecule has 1 aromatic heterocycles. The summed E-state index contributed by atoms with van der Waals surface area (Å²) in [6, 6.07) is 13.6. The molecule has 124 valence electrons. The third-order valence-corrected chi connectivity index (χ3v) is 7.31. The average molecular weight is 351 g/mol. The van der Waals surface area contributed by atoms with Gasteiger partial charge in [-0.15, -0.1) is 11.3 Å². The zero-order valence-corrected chi connectivity index (χ0v) is 14.8. The van der Waals surface area contributed by atoms with E-state index in [1.54, 1.807) is 6.07 Å². The molecule has 1 fully saturated rings. The van der Waals surface area contributed by atoms with Gasteiger partial charge in [-0.05, 0) is 37.5 Å². The fourth-order valence-electron chi connectivity index (χ4n) is 2.98. The lowest BCUT2D eigenvalue weighted by Gasteiger charge is -2.37. The molecule has 4 nitrogen and oxygen atoms in total. The summed E-state index contributed by atoms with van der Waals surface area (Å²) >= 11 is 1.30. The Morgan fingerprint density at radius 3 is 2.43 bits per heavy atom. The normalized spacial score (nSPS) is 18.0. The molecular formula is C17H21NO3S2. The van der Waals surface area contributed by atoms with Crippen LogP contribution in [-0.2, 0) is 20.2 Å². The van der Waals surface area contributed by atoms with Gasteiger partial charge in [0, 0.05) is 30.1 Å². The Morgan fingerprint density at radius 1 is 1.13 bits per heavy atom. The fraction of sp³-hybridized carbons (Fsp3) is 0.412. The van der Waals surface area contributed by atoms with E-state index in [0.717, 1.165) is 17.7 Å². The predicted molar refractivity (Wildman–Crippen MR) is 92.4 cm³/mol. The second kappa shape index (κ2) is 6.73. The SMILES string of the molecule is Cc1ccc(S(=O)(=O)NCC2(c3ccccc3)CCOCC2)s1. The Balaban J connectivity index is 1.82. The molecule has 0 bridgehead atoms. The van der Waals surface area contributed by atoms with Gasteiger partial charge in [0.15, 0.2) is 0 Å². The summed E-state index contributed by atoms with van der Waals surface area (Å²) in [7, 11) is -3.46. The molecule has 1 aromatic carbocycles. The van der Waals surface area contributed by atoms with Gasteiger partial charge in [-0.25, -0.2) is 13.1 Å². The van der Waals surface area contributed by atoms with E-state index >= 15 is 0 Å². The fourth-order valence-corrected chi connectivity index (χ4v) is 5.44. The van der Waals surface area contributed by atoms with Crippen molar-refractivity contribution < 1.29 is 13.2 Å². The van der Waals surface area contributed by atoms with Crippen LogP contribution in [0.3, 0.4) is 0 Å². The largest absolute Gasteiger partial charge is 0.381 e. The van der Waals surface area contributed by atoms with E-state index in [1.165, 1.54) is 16.9 Å². The van der Waals surface area contributed by atoms with Crippen LogP contribution in [0.5, 0.6) is 0 Å². The van der Waals surface area contributed by atoms with Crippen LogP contribution in [0.2, 0.25) is 0 Å². The quantitative estimate of drug-likeness (QED) is 0.901. The van der Waals surface area contributed by atoms with Gasteiger partial charge in [0.1, 0.15) is 4.21 Å². The molecule has 0 radical (unpaired) electrons. The first-order valence-corrected chi connectivity index (χ1v) is 10.0. The topological polar surface area (TPSA) is 55.4 Å². The van der Waals surface area contributed by atoms with E-state index in [0.29, 0.717) is 24.0 Å². The number of rotatable bonds is 5. The number of aryl methyl sites for hydroxylation is 1. The van der Waals surface area contributed by atoms with E-state index in [9.17, 15) is 8.42 Å². The average Bonchev–Trinajstić information content (AvgIpc) is 3.02. The highest BCUT2D eigenvalue weighted by atomic mass is 32.2. The third-order valence-electron chi connectivity index (χ3n) is 4.42. The Bertz CT molecular complexity index is 747. The van der Waals surface area contributed by atoms with E-state index < -0.39 is 10.0 Å². The van der Waals surface area contributed by atoms with Crippen molar-refractivity contribution in [1.82, 2.24) is 4.72 Å². The van der Waals surface area contributed by atoms with Crippen LogP contribution in [0.25, 0.3) is 0 Å². The van der Waals surface area contributed by atoms with Crippen LogP contribution in [0, 0.1) is 6.92 Å². The summed E-state index contributed by atoms with van der Waals surface area (Å²) in [5, 5.41) is 0. The standard InChI is InChI=1S/C17H21NO3S2/c1-14-7-8-16(22-14)23(19,20)18-13-17(9-11-21-12-10-17)15-5-3-2-4-6-15/h2-8,18H,9-13H2,1H3. The molecule has 2 heterocycles. The monoisotopic (exact) mass is 351 g/mol. The molecular weight excluding hydrogens is 330 g/mol. The number of hydrogen-bond acceptors (Lipinski definition) is 4. The number of benzene rings is 1. The van der Waals surface area contributed by atoms with Crippen LogP contribution in [0.4, 0.5) is 0 Å². The summed E-state index contributed by atoms with van der Waals surface area (Å²) in [5.41, 5.74) is 0.979. The highest BCUT2D eigenvalue weighted by molar-refractivity contribution is 7.91. The minimum absolute atomic E-state index is 0.196. The minimum Gasteiger partial charge on any atom is -0.381 e. The molecule has 0 saturated carbocycles. The minimum atomic E-state index is -3.46. The van der Waals surface area contributed by atoms with Crippen LogP contribution >= 0.6 is 11.3 Å². The van der Waals surface area contributed by atoms with Gasteiger partial charge >= 0.3 is 0 Å². The lowest BCUT2D eigenvalue weighted by Crippen LogP contribution is -2.44. The summed E-state index contributed by atoms with van der Waals surface area (Å²) in [4.78, 5) is 0.995. The van der Waals surface area contributed by atoms with Gasteiger partial charge < -0.3 is 4.74 Å². The molecule has 0 atom stereocenters. The molecule has 0 unspecified atom stereocenters.